The van der Waals surface area contributed by atoms with Crippen molar-refractivity contribution in [2.45, 2.75) is 38.8 Å². The van der Waals surface area contributed by atoms with Crippen molar-refractivity contribution in [1.29, 1.82) is 0 Å². The first kappa shape index (κ1) is 21.1. The molecule has 1 atom stereocenters. The predicted octanol–water partition coefficient (Wildman–Crippen LogP) is 4.57. The topological polar surface area (TPSA) is 71.5 Å². The maximum atomic E-state index is 13.1. The van der Waals surface area contributed by atoms with Gasteiger partial charge >= 0.3 is 6.03 Å². The van der Waals surface area contributed by atoms with Gasteiger partial charge in [0.05, 0.1) is 19.3 Å². The molecule has 1 aliphatic heterocycles. The van der Waals surface area contributed by atoms with Crippen LogP contribution >= 0.6 is 11.3 Å². The standard InChI is InChI=1S/C24H25N3O3S/c1-16-4-8-18(9-5-16)21-25-19(15-31-21)14-27-22(28)24(2,26-23(27)29)13-12-17-6-10-20(30-3)11-7-17/h4-11,15H,12-14H2,1-3H3,(H,26,29). The second-order valence-electron chi connectivity index (χ2n) is 8.01. The van der Waals surface area contributed by atoms with E-state index in [0.717, 1.165) is 21.9 Å². The summed E-state index contributed by atoms with van der Waals surface area (Å²) in [5.74, 6) is 0.579. The molecule has 7 heteroatoms. The normalized spacial score (nSPS) is 18.4. The number of urea groups is 1. The molecule has 4 rings (SSSR count). The van der Waals surface area contributed by atoms with E-state index in [1.165, 1.54) is 21.8 Å². The molecule has 0 aliphatic carbocycles. The Morgan fingerprint density at radius 3 is 2.48 bits per heavy atom. The van der Waals surface area contributed by atoms with Gasteiger partial charge in [0.15, 0.2) is 0 Å². The molecule has 1 N–H and O–H groups in total. The van der Waals surface area contributed by atoms with Crippen LogP contribution in [0.1, 0.15) is 30.2 Å². The van der Waals surface area contributed by atoms with Crippen LogP contribution in [0.4, 0.5) is 4.79 Å². The van der Waals surface area contributed by atoms with E-state index < -0.39 is 5.54 Å². The maximum Gasteiger partial charge on any atom is 0.325 e. The summed E-state index contributed by atoms with van der Waals surface area (Å²) in [5.41, 5.74) is 3.10. The highest BCUT2D eigenvalue weighted by molar-refractivity contribution is 7.13. The third kappa shape index (κ3) is 4.46. The molecule has 31 heavy (non-hydrogen) atoms. The Balaban J connectivity index is 1.42. The molecule has 0 spiro atoms. The molecular formula is C24H25N3O3S. The van der Waals surface area contributed by atoms with Crippen LogP contribution in [0.3, 0.4) is 0 Å². The number of aryl methyl sites for hydroxylation is 2. The van der Waals surface area contributed by atoms with Gasteiger partial charge < -0.3 is 10.1 Å². The minimum absolute atomic E-state index is 0.172. The smallest absolute Gasteiger partial charge is 0.325 e. The van der Waals surface area contributed by atoms with Gasteiger partial charge in [-0.25, -0.2) is 9.78 Å². The second kappa shape index (κ2) is 8.51. The summed E-state index contributed by atoms with van der Waals surface area (Å²) < 4.78 is 5.18. The number of ether oxygens (including phenoxy) is 1. The van der Waals surface area contributed by atoms with Crippen LogP contribution < -0.4 is 10.1 Å². The van der Waals surface area contributed by atoms with Gasteiger partial charge in [-0.3, -0.25) is 9.69 Å². The van der Waals surface area contributed by atoms with Crippen molar-refractivity contribution in [3.05, 3.63) is 70.7 Å². The zero-order valence-electron chi connectivity index (χ0n) is 17.8. The van der Waals surface area contributed by atoms with Gasteiger partial charge in [-0.15, -0.1) is 11.3 Å². The van der Waals surface area contributed by atoms with Crippen molar-refractivity contribution in [3.8, 4) is 16.3 Å². The molecule has 3 aromatic rings. The first-order valence-corrected chi connectivity index (χ1v) is 11.0. The van der Waals surface area contributed by atoms with E-state index in [0.29, 0.717) is 18.5 Å². The Morgan fingerprint density at radius 1 is 1.10 bits per heavy atom. The van der Waals surface area contributed by atoms with Crippen molar-refractivity contribution in [3.63, 3.8) is 0 Å². The fourth-order valence-electron chi connectivity index (χ4n) is 3.62. The number of rotatable bonds is 7. The van der Waals surface area contributed by atoms with Crippen molar-refractivity contribution in [1.82, 2.24) is 15.2 Å². The molecule has 1 saturated heterocycles. The summed E-state index contributed by atoms with van der Waals surface area (Å²) >= 11 is 1.51. The van der Waals surface area contributed by atoms with E-state index >= 15 is 0 Å². The fourth-order valence-corrected chi connectivity index (χ4v) is 4.43. The summed E-state index contributed by atoms with van der Waals surface area (Å²) in [6.07, 6.45) is 1.20. The molecule has 2 heterocycles. The quantitative estimate of drug-likeness (QED) is 0.552. The molecule has 0 radical (unpaired) electrons. The summed E-state index contributed by atoms with van der Waals surface area (Å²) in [6.45, 7) is 4.00. The van der Waals surface area contributed by atoms with E-state index in [2.05, 4.69) is 10.3 Å². The van der Waals surface area contributed by atoms with Crippen LogP contribution in [0.2, 0.25) is 0 Å². The number of methoxy groups -OCH3 is 1. The molecule has 1 fully saturated rings. The first-order chi connectivity index (χ1) is 14.9. The van der Waals surface area contributed by atoms with E-state index in [4.69, 9.17) is 4.74 Å². The minimum Gasteiger partial charge on any atom is -0.497 e. The van der Waals surface area contributed by atoms with Crippen LogP contribution in [0.15, 0.2) is 53.9 Å². The largest absolute Gasteiger partial charge is 0.497 e. The van der Waals surface area contributed by atoms with E-state index in [1.54, 1.807) is 14.0 Å². The number of aromatic nitrogens is 1. The van der Waals surface area contributed by atoms with Gasteiger partial charge in [-0.1, -0.05) is 42.0 Å². The van der Waals surface area contributed by atoms with Gasteiger partial charge in [0.2, 0.25) is 0 Å². The highest BCUT2D eigenvalue weighted by Gasteiger charge is 2.47. The predicted molar refractivity (Wildman–Crippen MR) is 121 cm³/mol. The number of hydrogen-bond donors (Lipinski definition) is 1. The number of hydrogen-bond acceptors (Lipinski definition) is 5. The average Bonchev–Trinajstić information content (AvgIpc) is 3.32. The Kier molecular flexibility index (Phi) is 5.78. The zero-order chi connectivity index (χ0) is 22.0. The number of carbonyl (C=O) groups excluding carboxylic acids is 2. The van der Waals surface area contributed by atoms with Gasteiger partial charge in [0, 0.05) is 10.9 Å². The van der Waals surface area contributed by atoms with Gasteiger partial charge in [0.25, 0.3) is 5.91 Å². The SMILES string of the molecule is COc1ccc(CCC2(C)NC(=O)N(Cc3csc(-c4ccc(C)cc4)n3)C2=O)cc1. The molecular weight excluding hydrogens is 410 g/mol. The van der Waals surface area contributed by atoms with E-state index in [-0.39, 0.29) is 18.5 Å². The lowest BCUT2D eigenvalue weighted by Crippen LogP contribution is -2.44. The number of amides is 3. The van der Waals surface area contributed by atoms with Gasteiger partial charge in [-0.2, -0.15) is 0 Å². The number of benzene rings is 2. The Morgan fingerprint density at radius 2 is 1.81 bits per heavy atom. The fraction of sp³-hybridized carbons (Fsp3) is 0.292. The number of carbonyl (C=O) groups is 2. The molecule has 1 unspecified atom stereocenters. The lowest BCUT2D eigenvalue weighted by atomic mass is 9.93. The average molecular weight is 436 g/mol. The number of nitrogens with zero attached hydrogens (tertiary/aromatic N) is 2. The Hall–Kier alpha value is -3.19. The molecule has 0 saturated carbocycles. The highest BCUT2D eigenvalue weighted by Crippen LogP contribution is 2.28. The van der Waals surface area contributed by atoms with Crippen LogP contribution in [0, 0.1) is 6.92 Å². The van der Waals surface area contributed by atoms with Crippen molar-refractivity contribution in [2.24, 2.45) is 0 Å². The third-order valence-corrected chi connectivity index (χ3v) is 6.53. The minimum atomic E-state index is -0.924. The number of imide groups is 1. The van der Waals surface area contributed by atoms with E-state index in [1.807, 2.05) is 60.8 Å². The number of nitrogens with one attached hydrogen (secondary N) is 1. The molecule has 3 amide bonds. The first-order valence-electron chi connectivity index (χ1n) is 10.2. The summed E-state index contributed by atoms with van der Waals surface area (Å²) in [5, 5.41) is 5.66. The lowest BCUT2D eigenvalue weighted by Gasteiger charge is -2.21. The summed E-state index contributed by atoms with van der Waals surface area (Å²) in [4.78, 5) is 31.5. The van der Waals surface area contributed by atoms with Gasteiger partial charge in [-0.05, 0) is 44.4 Å². The second-order valence-corrected chi connectivity index (χ2v) is 8.87. The van der Waals surface area contributed by atoms with Crippen LogP contribution in [-0.4, -0.2) is 34.5 Å². The molecule has 1 aliphatic rings. The Bertz CT molecular complexity index is 1090. The zero-order valence-corrected chi connectivity index (χ0v) is 18.7. The van der Waals surface area contributed by atoms with Crippen LogP contribution in [0.5, 0.6) is 5.75 Å². The third-order valence-electron chi connectivity index (χ3n) is 5.59. The van der Waals surface area contributed by atoms with Crippen molar-refractivity contribution >= 4 is 23.3 Å². The lowest BCUT2D eigenvalue weighted by molar-refractivity contribution is -0.131. The molecule has 6 nitrogen and oxygen atoms in total. The monoisotopic (exact) mass is 435 g/mol. The van der Waals surface area contributed by atoms with Crippen LogP contribution in [-0.2, 0) is 17.8 Å². The van der Waals surface area contributed by atoms with Crippen molar-refractivity contribution in [2.75, 3.05) is 7.11 Å². The van der Waals surface area contributed by atoms with Crippen molar-refractivity contribution < 1.29 is 14.3 Å². The molecule has 1 aromatic heterocycles. The maximum absolute atomic E-state index is 13.1. The van der Waals surface area contributed by atoms with Gasteiger partial charge in [0.1, 0.15) is 16.3 Å². The van der Waals surface area contributed by atoms with Crippen LogP contribution in [0.25, 0.3) is 10.6 Å². The molecule has 2 aromatic carbocycles. The molecule has 0 bridgehead atoms. The summed E-state index contributed by atoms with van der Waals surface area (Å²) in [7, 11) is 1.63. The Labute approximate surface area is 185 Å². The van der Waals surface area contributed by atoms with E-state index in [9.17, 15) is 9.59 Å². The highest BCUT2D eigenvalue weighted by atomic mass is 32.1. The molecule has 160 valence electrons. The number of thiazole rings is 1. The summed E-state index contributed by atoms with van der Waals surface area (Å²) in [6, 6.07) is 15.5.